The van der Waals surface area contributed by atoms with Crippen molar-refractivity contribution < 1.29 is 24.1 Å². The number of anilines is 3. The first kappa shape index (κ1) is 38.7. The minimum absolute atomic E-state index is 0.137. The van der Waals surface area contributed by atoms with Crippen molar-refractivity contribution in [1.82, 2.24) is 0 Å². The summed E-state index contributed by atoms with van der Waals surface area (Å²) >= 11 is 0. The van der Waals surface area contributed by atoms with Crippen molar-refractivity contribution in [2.45, 2.75) is 10.8 Å². The number of aromatic hydroxyl groups is 3. The summed E-state index contributed by atoms with van der Waals surface area (Å²) in [4.78, 5) is 0. The zero-order valence-electron chi connectivity index (χ0n) is 31.3. The number of hydrogen-bond acceptors (Lipinski definition) is 6. The lowest BCUT2D eigenvalue weighted by Gasteiger charge is -2.37. The molecule has 0 unspecified atom stereocenters. The van der Waals surface area contributed by atoms with E-state index in [0.29, 0.717) is 17.1 Å². The topological polar surface area (TPSA) is 139 Å². The minimum atomic E-state index is -0.858. The van der Waals surface area contributed by atoms with Gasteiger partial charge in [0.25, 0.3) is 0 Å². The van der Waals surface area contributed by atoms with Crippen LogP contribution in [0.5, 0.6) is 17.2 Å². The highest BCUT2D eigenvalue weighted by atomic mass is 19.1. The van der Waals surface area contributed by atoms with Crippen LogP contribution in [0.3, 0.4) is 0 Å². The van der Waals surface area contributed by atoms with Crippen LogP contribution in [-0.4, -0.2) is 15.3 Å². The second-order valence-corrected chi connectivity index (χ2v) is 14.0. The van der Waals surface area contributed by atoms with Crippen molar-refractivity contribution in [1.29, 1.82) is 0 Å². The van der Waals surface area contributed by atoms with Crippen molar-refractivity contribution in [3.05, 3.63) is 250 Å². The maximum Gasteiger partial charge on any atom is 0.123 e. The van der Waals surface area contributed by atoms with Crippen molar-refractivity contribution in [3.8, 4) is 17.2 Å². The molecule has 0 aromatic heterocycles. The molecular formula is C50H41F2N3O3. The van der Waals surface area contributed by atoms with Crippen LogP contribution in [0.1, 0.15) is 44.5 Å². The van der Waals surface area contributed by atoms with Gasteiger partial charge >= 0.3 is 0 Å². The molecule has 0 aliphatic rings. The van der Waals surface area contributed by atoms with Crippen LogP contribution in [0.15, 0.2) is 194 Å². The SMILES string of the molecule is Nc1ccc(C(c2ccc(N)cc2)(c2ccc(N)cc2)c2ccc(F)cc2)cc1.Oc1ccc(C(c2ccc(O)cc2)(c2ccc(O)cc2)c2ccc(F)cc2)cc1. The summed E-state index contributed by atoms with van der Waals surface area (Å²) in [5, 5.41) is 29.5. The highest BCUT2D eigenvalue weighted by molar-refractivity contribution is 5.64. The Bertz CT molecular complexity index is 2020. The largest absolute Gasteiger partial charge is 0.508 e. The number of hydrogen-bond donors (Lipinski definition) is 6. The summed E-state index contributed by atoms with van der Waals surface area (Å²) in [6.07, 6.45) is 0. The van der Waals surface area contributed by atoms with Gasteiger partial charge in [-0.15, -0.1) is 0 Å². The molecule has 9 N–H and O–H groups in total. The summed E-state index contributed by atoms with van der Waals surface area (Å²) in [6.45, 7) is 0. The molecule has 0 spiro atoms. The predicted octanol–water partition coefficient (Wildman–Crippen LogP) is 10.3. The van der Waals surface area contributed by atoms with Crippen LogP contribution in [0, 0.1) is 11.6 Å². The zero-order chi connectivity index (χ0) is 40.9. The highest BCUT2D eigenvalue weighted by Gasteiger charge is 2.40. The molecule has 0 bridgehead atoms. The molecule has 0 saturated heterocycles. The monoisotopic (exact) mass is 769 g/mol. The van der Waals surface area contributed by atoms with Gasteiger partial charge in [0, 0.05) is 17.1 Å². The maximum atomic E-state index is 13.8. The number of phenols is 3. The molecule has 0 aliphatic carbocycles. The number of phenolic OH excluding ortho intramolecular Hbond substituents is 3. The van der Waals surface area contributed by atoms with Crippen LogP contribution >= 0.6 is 0 Å². The van der Waals surface area contributed by atoms with Gasteiger partial charge in [-0.25, -0.2) is 8.78 Å². The van der Waals surface area contributed by atoms with Crippen molar-refractivity contribution in [3.63, 3.8) is 0 Å². The molecule has 8 heteroatoms. The molecule has 288 valence electrons. The molecule has 0 fully saturated rings. The Morgan fingerprint density at radius 1 is 0.259 bits per heavy atom. The fraction of sp³-hybridized carbons (Fsp3) is 0.0400. The smallest absolute Gasteiger partial charge is 0.123 e. The second-order valence-electron chi connectivity index (χ2n) is 14.0. The van der Waals surface area contributed by atoms with Gasteiger partial charge in [-0.3, -0.25) is 0 Å². The number of nitrogen functional groups attached to an aromatic ring is 3. The van der Waals surface area contributed by atoms with E-state index in [4.69, 9.17) is 17.2 Å². The molecule has 8 rings (SSSR count). The third-order valence-corrected chi connectivity index (χ3v) is 10.5. The molecule has 0 radical (unpaired) electrons. The van der Waals surface area contributed by atoms with Crippen LogP contribution in [0.4, 0.5) is 25.8 Å². The second kappa shape index (κ2) is 16.3. The van der Waals surface area contributed by atoms with Crippen LogP contribution in [0.25, 0.3) is 0 Å². The van der Waals surface area contributed by atoms with Crippen molar-refractivity contribution in [2.75, 3.05) is 17.2 Å². The summed E-state index contributed by atoms with van der Waals surface area (Å²) < 4.78 is 27.5. The fourth-order valence-corrected chi connectivity index (χ4v) is 7.73. The van der Waals surface area contributed by atoms with Gasteiger partial charge < -0.3 is 32.5 Å². The van der Waals surface area contributed by atoms with Gasteiger partial charge in [0.2, 0.25) is 0 Å². The van der Waals surface area contributed by atoms with E-state index in [2.05, 4.69) is 0 Å². The Balaban J connectivity index is 0.000000177. The zero-order valence-corrected chi connectivity index (χ0v) is 31.3. The quantitative estimate of drug-likeness (QED) is 0.0672. The van der Waals surface area contributed by atoms with E-state index in [1.165, 1.54) is 24.3 Å². The van der Waals surface area contributed by atoms with Crippen molar-refractivity contribution in [2.24, 2.45) is 0 Å². The average molecular weight is 770 g/mol. The summed E-state index contributed by atoms with van der Waals surface area (Å²) in [7, 11) is 0. The normalized spacial score (nSPS) is 11.3. The number of nitrogens with two attached hydrogens (primary N) is 3. The Morgan fingerprint density at radius 3 is 0.603 bits per heavy atom. The Morgan fingerprint density at radius 2 is 0.414 bits per heavy atom. The van der Waals surface area contributed by atoms with Gasteiger partial charge in [-0.05, 0) is 142 Å². The first-order valence-corrected chi connectivity index (χ1v) is 18.5. The van der Waals surface area contributed by atoms with Crippen LogP contribution < -0.4 is 17.2 Å². The van der Waals surface area contributed by atoms with E-state index in [0.717, 1.165) is 44.5 Å². The fourth-order valence-electron chi connectivity index (χ4n) is 7.73. The van der Waals surface area contributed by atoms with Gasteiger partial charge in [-0.2, -0.15) is 0 Å². The van der Waals surface area contributed by atoms with E-state index in [-0.39, 0.29) is 28.9 Å². The molecule has 0 aliphatic heterocycles. The Labute approximate surface area is 335 Å². The predicted molar refractivity (Wildman–Crippen MR) is 228 cm³/mol. The molecule has 8 aromatic carbocycles. The lowest BCUT2D eigenvalue weighted by molar-refractivity contribution is 0.474. The van der Waals surface area contributed by atoms with Crippen LogP contribution in [0.2, 0.25) is 0 Å². The molecular weight excluding hydrogens is 729 g/mol. The minimum Gasteiger partial charge on any atom is -0.508 e. The molecule has 8 aromatic rings. The maximum absolute atomic E-state index is 13.8. The van der Waals surface area contributed by atoms with E-state index < -0.39 is 10.8 Å². The van der Waals surface area contributed by atoms with Gasteiger partial charge in [-0.1, -0.05) is 97.1 Å². The van der Waals surface area contributed by atoms with E-state index >= 15 is 0 Å². The molecule has 0 amide bonds. The van der Waals surface area contributed by atoms with E-state index in [9.17, 15) is 24.1 Å². The standard InChI is InChI=1S/C25H22FN3.C25H19FO3/c2*26-21-9-1-17(2-10-21)25(18-3-11-22(27)12-4-18,19-5-13-23(28)14-6-19)20-7-15-24(29)16-8-20/h1-16H,27-29H2;1-16,27-29H. The first-order chi connectivity index (χ1) is 28.0. The van der Waals surface area contributed by atoms with Crippen LogP contribution in [-0.2, 0) is 10.8 Å². The Kier molecular flexibility index (Phi) is 10.8. The van der Waals surface area contributed by atoms with Crippen molar-refractivity contribution >= 4 is 17.1 Å². The van der Waals surface area contributed by atoms with E-state index in [1.54, 1.807) is 48.5 Å². The lowest BCUT2D eigenvalue weighted by Crippen LogP contribution is -2.31. The van der Waals surface area contributed by atoms with Gasteiger partial charge in [0.15, 0.2) is 0 Å². The number of rotatable bonds is 8. The van der Waals surface area contributed by atoms with Gasteiger partial charge in [0.05, 0.1) is 10.8 Å². The van der Waals surface area contributed by atoms with Gasteiger partial charge in [0.1, 0.15) is 28.9 Å². The van der Waals surface area contributed by atoms with E-state index in [1.807, 2.05) is 121 Å². The molecule has 6 nitrogen and oxygen atoms in total. The molecule has 58 heavy (non-hydrogen) atoms. The summed E-state index contributed by atoms with van der Waals surface area (Å²) in [5.74, 6) is -0.214. The molecule has 0 heterocycles. The molecule has 0 saturated carbocycles. The molecule has 0 atom stereocenters. The summed E-state index contributed by atoms with van der Waals surface area (Å²) in [6, 6.07) is 56.7. The lowest BCUT2D eigenvalue weighted by atomic mass is 9.65. The first-order valence-electron chi connectivity index (χ1n) is 18.5. The number of benzene rings is 8. The third-order valence-electron chi connectivity index (χ3n) is 10.5. The summed E-state index contributed by atoms with van der Waals surface area (Å²) in [5.41, 5.74) is 25.7. The third kappa shape index (κ3) is 7.51. The number of halogens is 2. The highest BCUT2D eigenvalue weighted by Crippen LogP contribution is 2.47. The average Bonchev–Trinajstić information content (AvgIpc) is 3.23. The Hall–Kier alpha value is -7.58.